The van der Waals surface area contributed by atoms with Crippen LogP contribution in [-0.4, -0.2) is 23.0 Å². The summed E-state index contributed by atoms with van der Waals surface area (Å²) < 4.78 is 1.39. The fourth-order valence-electron chi connectivity index (χ4n) is 1.95. The van der Waals surface area contributed by atoms with Gasteiger partial charge < -0.3 is 5.32 Å². The molecule has 1 N–H and O–H groups in total. The van der Waals surface area contributed by atoms with Gasteiger partial charge in [-0.25, -0.2) is 0 Å². The Morgan fingerprint density at radius 1 is 1.47 bits per heavy atom. The van der Waals surface area contributed by atoms with Crippen LogP contribution in [0.25, 0.3) is 0 Å². The molecule has 0 bridgehead atoms. The lowest BCUT2D eigenvalue weighted by Gasteiger charge is -2.22. The van der Waals surface area contributed by atoms with Gasteiger partial charge in [-0.3, -0.25) is 4.79 Å². The molecule has 2 nitrogen and oxygen atoms in total. The second kappa shape index (κ2) is 5.61. The Hall–Kier alpha value is -0.230. The number of carbonyl (C=O) groups is 1. The summed E-state index contributed by atoms with van der Waals surface area (Å²) in [4.78, 5) is 11.9. The van der Waals surface area contributed by atoms with Crippen molar-refractivity contribution >= 4 is 40.3 Å². The summed E-state index contributed by atoms with van der Waals surface area (Å²) in [5.41, 5.74) is 0.747. The Bertz CT molecular complexity index is 398. The van der Waals surface area contributed by atoms with Crippen molar-refractivity contribution in [3.05, 3.63) is 33.4 Å². The molecule has 0 aliphatic carbocycles. The first-order valence-corrected chi connectivity index (χ1v) is 7.83. The summed E-state index contributed by atoms with van der Waals surface area (Å²) in [7, 11) is 0. The molecule has 17 heavy (non-hydrogen) atoms. The third kappa shape index (κ3) is 3.61. The average molecular weight is 361 g/mol. The van der Waals surface area contributed by atoms with Crippen LogP contribution in [0.4, 0.5) is 0 Å². The molecule has 1 aliphatic heterocycles. The van der Waals surface area contributed by atoms with Gasteiger partial charge in [0.05, 0.1) is 0 Å². The molecule has 0 radical (unpaired) electrons. The van der Waals surface area contributed by atoms with Crippen LogP contribution in [-0.2, 0) is 0 Å². The number of benzene rings is 1. The number of carbonyl (C=O) groups excluding carboxylic acids is 1. The van der Waals surface area contributed by atoms with Gasteiger partial charge in [0.25, 0.3) is 5.91 Å². The van der Waals surface area contributed by atoms with Crippen LogP contribution in [0.1, 0.15) is 30.1 Å². The lowest BCUT2D eigenvalue weighted by Crippen LogP contribution is -2.36. The lowest BCUT2D eigenvalue weighted by molar-refractivity contribution is 0.0950. The fraction of sp³-hybridized carbons (Fsp3) is 0.462. The molecule has 92 valence electrons. The molecule has 1 aromatic rings. The van der Waals surface area contributed by atoms with Crippen molar-refractivity contribution in [1.82, 2.24) is 5.32 Å². The Balaban J connectivity index is 1.91. The smallest absolute Gasteiger partial charge is 0.251 e. The molecule has 1 heterocycles. The monoisotopic (exact) mass is 361 g/mol. The molecule has 1 unspecified atom stereocenters. The van der Waals surface area contributed by atoms with Gasteiger partial charge in [0.15, 0.2) is 0 Å². The van der Waals surface area contributed by atoms with Crippen molar-refractivity contribution in [3.8, 4) is 0 Å². The van der Waals surface area contributed by atoms with Gasteiger partial charge >= 0.3 is 0 Å². The van der Waals surface area contributed by atoms with Crippen LogP contribution >= 0.6 is 34.4 Å². The Morgan fingerprint density at radius 3 is 2.76 bits per heavy atom. The average Bonchev–Trinajstić information content (AvgIpc) is 2.75. The van der Waals surface area contributed by atoms with Crippen molar-refractivity contribution in [2.75, 3.05) is 12.3 Å². The highest BCUT2D eigenvalue weighted by Crippen LogP contribution is 2.36. The molecule has 1 aromatic carbocycles. The Labute approximate surface area is 120 Å². The highest BCUT2D eigenvalue weighted by molar-refractivity contribution is 14.1. The minimum absolute atomic E-state index is 0.0372. The minimum Gasteiger partial charge on any atom is -0.351 e. The predicted octanol–water partition coefficient (Wildman–Crippen LogP) is 3.31. The zero-order valence-electron chi connectivity index (χ0n) is 9.83. The highest BCUT2D eigenvalue weighted by atomic mass is 127. The zero-order chi connectivity index (χ0) is 12.3. The van der Waals surface area contributed by atoms with Crippen molar-refractivity contribution in [1.29, 1.82) is 0 Å². The number of halogens is 1. The van der Waals surface area contributed by atoms with E-state index in [1.807, 2.05) is 36.0 Å². The van der Waals surface area contributed by atoms with Gasteiger partial charge in [-0.15, -0.1) is 0 Å². The first kappa shape index (κ1) is 13.2. The summed E-state index contributed by atoms with van der Waals surface area (Å²) in [5.74, 6) is 1.26. The second-order valence-corrected chi connectivity index (χ2v) is 7.52. The van der Waals surface area contributed by atoms with Crippen molar-refractivity contribution in [3.63, 3.8) is 0 Å². The molecule has 2 rings (SSSR count). The molecule has 1 amide bonds. The quantitative estimate of drug-likeness (QED) is 0.837. The second-order valence-electron chi connectivity index (χ2n) is 4.59. The van der Waals surface area contributed by atoms with E-state index in [0.717, 1.165) is 15.7 Å². The Kier molecular flexibility index (Phi) is 4.36. The van der Waals surface area contributed by atoms with Crippen LogP contribution < -0.4 is 5.32 Å². The van der Waals surface area contributed by atoms with E-state index in [0.29, 0.717) is 0 Å². The molecular formula is C13H16INOS. The highest BCUT2D eigenvalue weighted by Gasteiger charge is 2.29. The summed E-state index contributed by atoms with van der Waals surface area (Å²) >= 11 is 4.21. The van der Waals surface area contributed by atoms with E-state index in [-0.39, 0.29) is 10.7 Å². The van der Waals surface area contributed by atoms with E-state index in [1.165, 1.54) is 18.6 Å². The number of nitrogens with one attached hydrogen (secondary N) is 1. The van der Waals surface area contributed by atoms with E-state index in [9.17, 15) is 4.79 Å². The van der Waals surface area contributed by atoms with Crippen molar-refractivity contribution < 1.29 is 4.79 Å². The van der Waals surface area contributed by atoms with E-state index < -0.39 is 0 Å². The van der Waals surface area contributed by atoms with E-state index in [2.05, 4.69) is 34.8 Å². The maximum atomic E-state index is 11.9. The Morgan fingerprint density at radius 2 is 2.18 bits per heavy atom. The number of hydrogen-bond donors (Lipinski definition) is 1. The van der Waals surface area contributed by atoms with Crippen molar-refractivity contribution in [2.45, 2.75) is 24.5 Å². The topological polar surface area (TPSA) is 29.1 Å². The molecule has 1 aliphatic rings. The van der Waals surface area contributed by atoms with Crippen LogP contribution in [0.15, 0.2) is 24.3 Å². The number of amides is 1. The largest absolute Gasteiger partial charge is 0.351 e. The van der Waals surface area contributed by atoms with Gasteiger partial charge in [-0.1, -0.05) is 0 Å². The molecular weight excluding hydrogens is 345 g/mol. The van der Waals surface area contributed by atoms with Gasteiger partial charge in [0.2, 0.25) is 0 Å². The fourth-order valence-corrected chi connectivity index (χ4v) is 3.55. The molecule has 1 fully saturated rings. The van der Waals surface area contributed by atoms with Gasteiger partial charge in [-0.05, 0) is 72.4 Å². The van der Waals surface area contributed by atoms with Gasteiger partial charge in [0.1, 0.15) is 0 Å². The van der Waals surface area contributed by atoms with Crippen LogP contribution in [0, 0.1) is 3.57 Å². The minimum atomic E-state index is 0.0372. The standard InChI is InChI=1S/C13H16INOS/c1-13(7-2-8-17-13)9-15-12(16)10-3-5-11(14)6-4-10/h3-6H,2,7-9H2,1H3,(H,15,16). The van der Waals surface area contributed by atoms with E-state index in [1.54, 1.807) is 0 Å². The molecule has 4 heteroatoms. The van der Waals surface area contributed by atoms with Crippen LogP contribution in [0.2, 0.25) is 0 Å². The van der Waals surface area contributed by atoms with Crippen LogP contribution in [0.3, 0.4) is 0 Å². The summed E-state index contributed by atoms with van der Waals surface area (Å²) in [6.07, 6.45) is 2.46. The van der Waals surface area contributed by atoms with Gasteiger partial charge in [0, 0.05) is 20.4 Å². The number of thioether (sulfide) groups is 1. The van der Waals surface area contributed by atoms with Crippen molar-refractivity contribution in [2.24, 2.45) is 0 Å². The normalized spacial score (nSPS) is 23.6. The SMILES string of the molecule is CC1(CNC(=O)c2ccc(I)cc2)CCCS1. The molecule has 1 atom stereocenters. The third-order valence-electron chi connectivity index (χ3n) is 3.03. The third-order valence-corrected chi connectivity index (χ3v) is 5.29. The predicted molar refractivity (Wildman–Crippen MR) is 81.6 cm³/mol. The van der Waals surface area contributed by atoms with E-state index >= 15 is 0 Å². The first-order chi connectivity index (χ1) is 8.09. The summed E-state index contributed by atoms with van der Waals surface area (Å²) in [6, 6.07) is 7.67. The van der Waals surface area contributed by atoms with Crippen LogP contribution in [0.5, 0.6) is 0 Å². The number of hydrogen-bond acceptors (Lipinski definition) is 2. The first-order valence-electron chi connectivity index (χ1n) is 5.77. The van der Waals surface area contributed by atoms with E-state index in [4.69, 9.17) is 0 Å². The lowest BCUT2D eigenvalue weighted by atomic mass is 10.1. The maximum absolute atomic E-state index is 11.9. The zero-order valence-corrected chi connectivity index (χ0v) is 12.8. The maximum Gasteiger partial charge on any atom is 0.251 e. The molecule has 0 saturated carbocycles. The number of rotatable bonds is 3. The molecule has 0 spiro atoms. The summed E-state index contributed by atoms with van der Waals surface area (Å²) in [6.45, 7) is 3.00. The summed E-state index contributed by atoms with van der Waals surface area (Å²) in [5, 5.41) is 3.04. The van der Waals surface area contributed by atoms with Gasteiger partial charge in [-0.2, -0.15) is 11.8 Å². The molecule has 0 aromatic heterocycles. The molecule has 1 saturated heterocycles.